The van der Waals surface area contributed by atoms with Crippen molar-refractivity contribution in [3.63, 3.8) is 0 Å². The molecule has 0 unspecified atom stereocenters. The minimum Gasteiger partial charge on any atom is -0.506 e. The fraction of sp³-hybridized carbons (Fsp3) is 0.300. The highest BCUT2D eigenvalue weighted by Crippen LogP contribution is 2.30. The zero-order valence-corrected chi connectivity index (χ0v) is 8.76. The molecular formula is C10H11ClO3. The van der Waals surface area contributed by atoms with Gasteiger partial charge in [0.05, 0.1) is 17.2 Å². The van der Waals surface area contributed by atoms with Crippen LogP contribution in [0.15, 0.2) is 12.1 Å². The van der Waals surface area contributed by atoms with Crippen LogP contribution < -0.4 is 0 Å². The number of hydrogen-bond acceptors (Lipinski definition) is 3. The maximum Gasteiger partial charge on any atom is 0.163 e. The first-order valence-corrected chi connectivity index (χ1v) is 4.46. The first kappa shape index (κ1) is 11.0. The van der Waals surface area contributed by atoms with E-state index in [0.717, 1.165) is 0 Å². The summed E-state index contributed by atoms with van der Waals surface area (Å²) >= 11 is 5.69. The van der Waals surface area contributed by atoms with Gasteiger partial charge in [0.2, 0.25) is 0 Å². The van der Waals surface area contributed by atoms with Gasteiger partial charge in [-0.25, -0.2) is 0 Å². The Balaban J connectivity index is 3.30. The molecule has 0 radical (unpaired) electrons. The summed E-state index contributed by atoms with van der Waals surface area (Å²) in [7, 11) is 1.52. The van der Waals surface area contributed by atoms with Gasteiger partial charge in [-0.15, -0.1) is 0 Å². The third-order valence-corrected chi connectivity index (χ3v) is 2.17. The molecule has 0 aliphatic heterocycles. The Morgan fingerprint density at radius 3 is 2.71 bits per heavy atom. The van der Waals surface area contributed by atoms with Crippen LogP contribution in [-0.2, 0) is 11.3 Å². The Hall–Kier alpha value is -1.06. The van der Waals surface area contributed by atoms with Crippen LogP contribution in [0.25, 0.3) is 0 Å². The summed E-state index contributed by atoms with van der Waals surface area (Å²) in [5.74, 6) is -0.397. The predicted octanol–water partition coefficient (Wildman–Crippen LogP) is 2.39. The summed E-state index contributed by atoms with van der Waals surface area (Å²) in [6, 6.07) is 3.21. The second-order valence-corrected chi connectivity index (χ2v) is 3.33. The van der Waals surface area contributed by atoms with Gasteiger partial charge in [0.1, 0.15) is 5.75 Å². The first-order valence-electron chi connectivity index (χ1n) is 4.08. The molecule has 1 aromatic carbocycles. The Bertz CT molecular complexity index is 361. The van der Waals surface area contributed by atoms with Crippen LogP contribution >= 0.6 is 11.6 Å². The summed E-state index contributed by atoms with van der Waals surface area (Å²) in [6.07, 6.45) is 0. The molecule has 1 rings (SSSR count). The number of aromatic hydroxyl groups is 1. The van der Waals surface area contributed by atoms with Gasteiger partial charge in [-0.2, -0.15) is 0 Å². The molecule has 0 heterocycles. The van der Waals surface area contributed by atoms with Gasteiger partial charge in [-0.05, 0) is 18.6 Å². The van der Waals surface area contributed by atoms with Crippen LogP contribution in [0.3, 0.4) is 0 Å². The predicted molar refractivity (Wildman–Crippen MR) is 53.8 cm³/mol. The van der Waals surface area contributed by atoms with E-state index in [2.05, 4.69) is 0 Å². The Morgan fingerprint density at radius 1 is 1.57 bits per heavy atom. The number of carbonyl (C=O) groups is 1. The molecule has 14 heavy (non-hydrogen) atoms. The molecule has 3 nitrogen and oxygen atoms in total. The topological polar surface area (TPSA) is 46.5 Å². The average molecular weight is 215 g/mol. The van der Waals surface area contributed by atoms with Crippen molar-refractivity contribution in [3.05, 3.63) is 28.3 Å². The number of rotatable bonds is 3. The van der Waals surface area contributed by atoms with Crippen molar-refractivity contribution in [2.45, 2.75) is 13.5 Å². The highest BCUT2D eigenvalue weighted by molar-refractivity contribution is 6.32. The zero-order chi connectivity index (χ0) is 10.7. The van der Waals surface area contributed by atoms with E-state index in [1.54, 1.807) is 6.07 Å². The number of phenolic OH excluding ortho intramolecular Hbond substituents is 1. The Morgan fingerprint density at radius 2 is 2.21 bits per heavy atom. The standard InChI is InChI=1S/C10H11ClO3/c1-6(12)9-7(5-14-2)3-4-8(11)10(9)13/h3-4,13H,5H2,1-2H3. The van der Waals surface area contributed by atoms with Crippen molar-refractivity contribution in [1.29, 1.82) is 0 Å². The van der Waals surface area contributed by atoms with Gasteiger partial charge in [0.15, 0.2) is 5.78 Å². The van der Waals surface area contributed by atoms with E-state index in [9.17, 15) is 9.90 Å². The van der Waals surface area contributed by atoms with E-state index in [-0.39, 0.29) is 28.7 Å². The molecule has 4 heteroatoms. The number of hydrogen-bond donors (Lipinski definition) is 1. The molecule has 0 saturated heterocycles. The van der Waals surface area contributed by atoms with E-state index >= 15 is 0 Å². The zero-order valence-electron chi connectivity index (χ0n) is 8.00. The summed E-state index contributed by atoms with van der Waals surface area (Å²) in [6.45, 7) is 1.66. The van der Waals surface area contributed by atoms with Crippen LogP contribution in [0, 0.1) is 0 Å². The van der Waals surface area contributed by atoms with Crippen molar-refractivity contribution in [1.82, 2.24) is 0 Å². The number of halogens is 1. The molecule has 0 atom stereocenters. The third-order valence-electron chi connectivity index (χ3n) is 1.87. The van der Waals surface area contributed by atoms with E-state index < -0.39 is 0 Å². The monoisotopic (exact) mass is 214 g/mol. The van der Waals surface area contributed by atoms with E-state index in [0.29, 0.717) is 5.56 Å². The SMILES string of the molecule is COCc1ccc(Cl)c(O)c1C(C)=O. The molecule has 76 valence electrons. The summed E-state index contributed by atoms with van der Waals surface area (Å²) in [5, 5.41) is 9.74. The van der Waals surface area contributed by atoms with Gasteiger partial charge in [-0.3, -0.25) is 4.79 Å². The lowest BCUT2D eigenvalue weighted by molar-refractivity contribution is 0.101. The number of benzene rings is 1. The van der Waals surface area contributed by atoms with Crippen LogP contribution in [-0.4, -0.2) is 18.0 Å². The van der Waals surface area contributed by atoms with Crippen molar-refractivity contribution in [2.75, 3.05) is 7.11 Å². The van der Waals surface area contributed by atoms with Crippen molar-refractivity contribution >= 4 is 17.4 Å². The second-order valence-electron chi connectivity index (χ2n) is 2.92. The van der Waals surface area contributed by atoms with Crippen LogP contribution in [0.4, 0.5) is 0 Å². The lowest BCUT2D eigenvalue weighted by Crippen LogP contribution is -2.01. The minimum atomic E-state index is -0.225. The van der Waals surface area contributed by atoms with Crippen LogP contribution in [0.5, 0.6) is 5.75 Å². The van der Waals surface area contributed by atoms with Crippen molar-refractivity contribution in [2.24, 2.45) is 0 Å². The lowest BCUT2D eigenvalue weighted by Gasteiger charge is -2.09. The summed E-state index contributed by atoms with van der Waals surface area (Å²) < 4.78 is 4.91. The first-order chi connectivity index (χ1) is 6.57. The molecule has 0 bridgehead atoms. The van der Waals surface area contributed by atoms with Gasteiger partial charge < -0.3 is 9.84 Å². The molecule has 0 amide bonds. The Labute approximate surface area is 87.3 Å². The number of ether oxygens (including phenoxy) is 1. The van der Waals surface area contributed by atoms with E-state index in [1.807, 2.05) is 0 Å². The maximum atomic E-state index is 11.2. The van der Waals surface area contributed by atoms with Crippen molar-refractivity contribution < 1.29 is 14.6 Å². The number of carbonyl (C=O) groups excluding carboxylic acids is 1. The normalized spacial score (nSPS) is 10.2. The molecule has 0 aliphatic rings. The summed E-state index contributed by atoms with van der Waals surface area (Å²) in [5.41, 5.74) is 0.876. The van der Waals surface area contributed by atoms with E-state index in [1.165, 1.54) is 20.1 Å². The van der Waals surface area contributed by atoms with Crippen LogP contribution in [0.1, 0.15) is 22.8 Å². The quantitative estimate of drug-likeness (QED) is 0.786. The minimum absolute atomic E-state index is 0.172. The Kier molecular flexibility index (Phi) is 3.49. The van der Waals surface area contributed by atoms with Gasteiger partial charge in [-0.1, -0.05) is 17.7 Å². The molecular weight excluding hydrogens is 204 g/mol. The van der Waals surface area contributed by atoms with Gasteiger partial charge in [0.25, 0.3) is 0 Å². The molecule has 1 aromatic rings. The number of ketones is 1. The fourth-order valence-corrected chi connectivity index (χ4v) is 1.43. The summed E-state index contributed by atoms with van der Waals surface area (Å²) in [4.78, 5) is 11.2. The molecule has 0 spiro atoms. The molecule has 0 aliphatic carbocycles. The number of methoxy groups -OCH3 is 1. The van der Waals surface area contributed by atoms with Crippen molar-refractivity contribution in [3.8, 4) is 5.75 Å². The molecule has 0 saturated carbocycles. The maximum absolute atomic E-state index is 11.2. The van der Waals surface area contributed by atoms with Crippen LogP contribution in [0.2, 0.25) is 5.02 Å². The molecule has 0 aromatic heterocycles. The third kappa shape index (κ3) is 2.05. The number of phenols is 1. The second kappa shape index (κ2) is 4.44. The average Bonchev–Trinajstić information content (AvgIpc) is 2.11. The number of Topliss-reactive ketones (excluding diaryl/α,β-unsaturated/α-hetero) is 1. The van der Waals surface area contributed by atoms with Gasteiger partial charge in [0, 0.05) is 7.11 Å². The van der Waals surface area contributed by atoms with E-state index in [4.69, 9.17) is 16.3 Å². The molecule has 0 fully saturated rings. The largest absolute Gasteiger partial charge is 0.506 e. The van der Waals surface area contributed by atoms with Gasteiger partial charge >= 0.3 is 0 Å². The highest BCUT2D eigenvalue weighted by atomic mass is 35.5. The molecule has 1 N–H and O–H groups in total. The lowest BCUT2D eigenvalue weighted by atomic mass is 10.0. The fourth-order valence-electron chi connectivity index (χ4n) is 1.28. The smallest absolute Gasteiger partial charge is 0.163 e. The highest BCUT2D eigenvalue weighted by Gasteiger charge is 2.15.